The lowest BCUT2D eigenvalue weighted by atomic mass is 10.2. The summed E-state index contributed by atoms with van der Waals surface area (Å²) in [6.07, 6.45) is 2.64. The van der Waals surface area contributed by atoms with Crippen molar-refractivity contribution in [3.05, 3.63) is 0 Å². The number of nitrogens with two attached hydrogens (primary N) is 1. The van der Waals surface area contributed by atoms with E-state index in [-0.39, 0.29) is 12.5 Å². The SMILES string of the molecule is CCCCN(CCO)C(=O)C(N)CC. The van der Waals surface area contributed by atoms with Crippen molar-refractivity contribution in [2.75, 3.05) is 19.7 Å². The van der Waals surface area contributed by atoms with Gasteiger partial charge in [0.1, 0.15) is 0 Å². The number of unbranched alkanes of at least 4 members (excludes halogenated alkanes) is 1. The predicted octanol–water partition coefficient (Wildman–Crippen LogP) is 0.345. The van der Waals surface area contributed by atoms with E-state index in [1.54, 1.807) is 4.90 Å². The van der Waals surface area contributed by atoms with Crippen LogP contribution in [0.25, 0.3) is 0 Å². The maximum absolute atomic E-state index is 11.7. The Balaban J connectivity index is 4.10. The van der Waals surface area contributed by atoms with Crippen molar-refractivity contribution >= 4 is 5.91 Å². The first-order chi connectivity index (χ1) is 6.67. The minimum absolute atomic E-state index is 0.00584. The zero-order valence-electron chi connectivity index (χ0n) is 9.20. The van der Waals surface area contributed by atoms with E-state index < -0.39 is 6.04 Å². The quantitative estimate of drug-likeness (QED) is 0.626. The summed E-state index contributed by atoms with van der Waals surface area (Å²) in [5.74, 6) is -0.0463. The highest BCUT2D eigenvalue weighted by atomic mass is 16.3. The van der Waals surface area contributed by atoms with Crippen LogP contribution in [-0.4, -0.2) is 41.7 Å². The Morgan fingerprint density at radius 3 is 2.50 bits per heavy atom. The van der Waals surface area contributed by atoms with Crippen LogP contribution in [0.5, 0.6) is 0 Å². The van der Waals surface area contributed by atoms with Crippen LogP contribution < -0.4 is 5.73 Å². The molecular weight excluding hydrogens is 180 g/mol. The second-order valence-electron chi connectivity index (χ2n) is 3.42. The summed E-state index contributed by atoms with van der Waals surface area (Å²) < 4.78 is 0. The van der Waals surface area contributed by atoms with E-state index in [1.165, 1.54) is 0 Å². The van der Waals surface area contributed by atoms with Gasteiger partial charge in [0.15, 0.2) is 0 Å². The van der Waals surface area contributed by atoms with Crippen LogP contribution in [0.15, 0.2) is 0 Å². The summed E-state index contributed by atoms with van der Waals surface area (Å²) in [5.41, 5.74) is 5.65. The molecule has 0 bridgehead atoms. The number of aliphatic hydroxyl groups is 1. The van der Waals surface area contributed by atoms with Crippen LogP contribution in [-0.2, 0) is 4.79 Å². The predicted molar refractivity (Wildman–Crippen MR) is 56.8 cm³/mol. The van der Waals surface area contributed by atoms with Gasteiger partial charge in [-0.1, -0.05) is 20.3 Å². The van der Waals surface area contributed by atoms with Gasteiger partial charge in [-0.15, -0.1) is 0 Å². The van der Waals surface area contributed by atoms with Gasteiger partial charge < -0.3 is 15.7 Å². The van der Waals surface area contributed by atoms with Crippen LogP contribution in [0.1, 0.15) is 33.1 Å². The Labute approximate surface area is 86.1 Å². The van der Waals surface area contributed by atoms with Crippen molar-refractivity contribution in [3.63, 3.8) is 0 Å². The van der Waals surface area contributed by atoms with E-state index in [0.717, 1.165) is 12.8 Å². The number of carbonyl (C=O) groups is 1. The Hall–Kier alpha value is -0.610. The average molecular weight is 202 g/mol. The highest BCUT2D eigenvalue weighted by molar-refractivity contribution is 5.81. The standard InChI is InChI=1S/C10H22N2O2/c1-3-5-6-12(7-8-13)10(14)9(11)4-2/h9,13H,3-8,11H2,1-2H3. The minimum Gasteiger partial charge on any atom is -0.395 e. The van der Waals surface area contributed by atoms with Gasteiger partial charge >= 0.3 is 0 Å². The van der Waals surface area contributed by atoms with Crippen LogP contribution in [0.3, 0.4) is 0 Å². The molecular formula is C10H22N2O2. The van der Waals surface area contributed by atoms with Crippen molar-refractivity contribution in [2.45, 2.75) is 39.2 Å². The molecule has 0 aromatic heterocycles. The molecule has 1 unspecified atom stereocenters. The summed E-state index contributed by atoms with van der Waals surface area (Å²) >= 11 is 0. The van der Waals surface area contributed by atoms with Crippen molar-refractivity contribution in [3.8, 4) is 0 Å². The number of nitrogens with zero attached hydrogens (tertiary/aromatic N) is 1. The third-order valence-corrected chi connectivity index (χ3v) is 2.22. The van der Waals surface area contributed by atoms with Crippen LogP contribution in [0.2, 0.25) is 0 Å². The van der Waals surface area contributed by atoms with Crippen molar-refractivity contribution in [2.24, 2.45) is 5.73 Å². The lowest BCUT2D eigenvalue weighted by Gasteiger charge is -2.24. The molecule has 1 amide bonds. The Bertz CT molecular complexity index is 162. The average Bonchev–Trinajstić information content (AvgIpc) is 2.22. The molecule has 0 saturated heterocycles. The van der Waals surface area contributed by atoms with Crippen LogP contribution >= 0.6 is 0 Å². The zero-order chi connectivity index (χ0) is 11.0. The Kier molecular flexibility index (Phi) is 7.42. The summed E-state index contributed by atoms with van der Waals surface area (Å²) in [6, 6.07) is -0.418. The number of aliphatic hydroxyl groups excluding tert-OH is 1. The normalized spacial score (nSPS) is 12.6. The summed E-state index contributed by atoms with van der Waals surface area (Å²) in [5, 5.41) is 8.80. The number of hydrogen-bond acceptors (Lipinski definition) is 3. The molecule has 0 aromatic rings. The zero-order valence-corrected chi connectivity index (χ0v) is 9.20. The topological polar surface area (TPSA) is 66.6 Å². The molecule has 0 radical (unpaired) electrons. The van der Waals surface area contributed by atoms with E-state index in [9.17, 15) is 4.79 Å². The number of carbonyl (C=O) groups excluding carboxylic acids is 1. The van der Waals surface area contributed by atoms with E-state index >= 15 is 0 Å². The highest BCUT2D eigenvalue weighted by Gasteiger charge is 2.18. The summed E-state index contributed by atoms with van der Waals surface area (Å²) in [6.45, 7) is 5.06. The third-order valence-electron chi connectivity index (χ3n) is 2.22. The van der Waals surface area contributed by atoms with Crippen LogP contribution in [0.4, 0.5) is 0 Å². The second kappa shape index (κ2) is 7.76. The molecule has 0 aliphatic rings. The highest BCUT2D eigenvalue weighted by Crippen LogP contribution is 2.00. The lowest BCUT2D eigenvalue weighted by molar-refractivity contribution is -0.133. The molecule has 0 spiro atoms. The van der Waals surface area contributed by atoms with Gasteiger partial charge in [-0.25, -0.2) is 0 Å². The third kappa shape index (κ3) is 4.58. The molecule has 1 atom stereocenters. The minimum atomic E-state index is -0.418. The first-order valence-corrected chi connectivity index (χ1v) is 5.32. The maximum Gasteiger partial charge on any atom is 0.239 e. The molecule has 14 heavy (non-hydrogen) atoms. The molecule has 3 N–H and O–H groups in total. The van der Waals surface area contributed by atoms with Gasteiger partial charge in [0.25, 0.3) is 0 Å². The molecule has 0 fully saturated rings. The molecule has 0 aliphatic carbocycles. The molecule has 4 heteroatoms. The fourth-order valence-electron chi connectivity index (χ4n) is 1.21. The largest absolute Gasteiger partial charge is 0.395 e. The molecule has 4 nitrogen and oxygen atoms in total. The molecule has 0 heterocycles. The molecule has 84 valence electrons. The van der Waals surface area contributed by atoms with E-state index in [0.29, 0.717) is 19.5 Å². The maximum atomic E-state index is 11.7. The molecule has 0 saturated carbocycles. The summed E-state index contributed by atoms with van der Waals surface area (Å²) in [4.78, 5) is 13.3. The first kappa shape index (κ1) is 13.4. The van der Waals surface area contributed by atoms with E-state index in [1.807, 2.05) is 6.92 Å². The second-order valence-corrected chi connectivity index (χ2v) is 3.42. The monoisotopic (exact) mass is 202 g/mol. The fraction of sp³-hybridized carbons (Fsp3) is 0.900. The van der Waals surface area contributed by atoms with Crippen LogP contribution in [0, 0.1) is 0 Å². The lowest BCUT2D eigenvalue weighted by Crippen LogP contribution is -2.45. The van der Waals surface area contributed by atoms with Gasteiger partial charge in [0, 0.05) is 13.1 Å². The van der Waals surface area contributed by atoms with Crippen molar-refractivity contribution in [1.82, 2.24) is 4.90 Å². The number of amides is 1. The van der Waals surface area contributed by atoms with Gasteiger partial charge in [-0.3, -0.25) is 4.79 Å². The van der Waals surface area contributed by atoms with Crippen molar-refractivity contribution in [1.29, 1.82) is 0 Å². The fourth-order valence-corrected chi connectivity index (χ4v) is 1.21. The number of rotatable bonds is 7. The molecule has 0 aliphatic heterocycles. The van der Waals surface area contributed by atoms with Crippen molar-refractivity contribution < 1.29 is 9.90 Å². The smallest absolute Gasteiger partial charge is 0.239 e. The summed E-state index contributed by atoms with van der Waals surface area (Å²) in [7, 11) is 0. The van der Waals surface area contributed by atoms with E-state index in [4.69, 9.17) is 10.8 Å². The Morgan fingerprint density at radius 2 is 2.07 bits per heavy atom. The molecule has 0 aromatic carbocycles. The number of hydrogen-bond donors (Lipinski definition) is 2. The van der Waals surface area contributed by atoms with Gasteiger partial charge in [-0.05, 0) is 12.8 Å². The van der Waals surface area contributed by atoms with Gasteiger partial charge in [0.2, 0.25) is 5.91 Å². The van der Waals surface area contributed by atoms with E-state index in [2.05, 4.69) is 6.92 Å². The first-order valence-electron chi connectivity index (χ1n) is 5.32. The Morgan fingerprint density at radius 1 is 1.43 bits per heavy atom. The molecule has 0 rings (SSSR count). The van der Waals surface area contributed by atoms with Gasteiger partial charge in [0.05, 0.1) is 12.6 Å². The van der Waals surface area contributed by atoms with Gasteiger partial charge in [-0.2, -0.15) is 0 Å².